The Kier molecular flexibility index (Phi) is 8.08. The zero-order valence-electron chi connectivity index (χ0n) is 22.3. The Hall–Kier alpha value is -3.18. The Morgan fingerprint density at radius 3 is 2.56 bits per heavy atom. The lowest BCUT2D eigenvalue weighted by Gasteiger charge is -2.40. The van der Waals surface area contributed by atoms with Crippen LogP contribution in [0.2, 0.25) is 0 Å². The van der Waals surface area contributed by atoms with Crippen LogP contribution in [0.5, 0.6) is 5.75 Å². The minimum atomic E-state index is -4.47. The molecule has 2 fully saturated rings. The average molecular weight is 546 g/mol. The molecule has 0 spiro atoms. The predicted molar refractivity (Wildman–Crippen MR) is 141 cm³/mol. The molecule has 0 saturated carbocycles. The highest BCUT2D eigenvalue weighted by molar-refractivity contribution is 5.95. The fourth-order valence-corrected chi connectivity index (χ4v) is 5.67. The van der Waals surface area contributed by atoms with Crippen LogP contribution in [0.3, 0.4) is 0 Å². The Labute approximate surface area is 226 Å². The second-order valence-corrected chi connectivity index (χ2v) is 10.0. The number of fused-ring (bicyclic) bond motifs is 1. The first-order valence-corrected chi connectivity index (χ1v) is 13.5. The third-order valence-electron chi connectivity index (χ3n) is 7.65. The van der Waals surface area contributed by atoms with Gasteiger partial charge >= 0.3 is 6.18 Å². The van der Waals surface area contributed by atoms with Crippen molar-refractivity contribution in [2.45, 2.75) is 44.8 Å². The maximum atomic E-state index is 13.5. The highest BCUT2D eigenvalue weighted by atomic mass is 19.4. The summed E-state index contributed by atoms with van der Waals surface area (Å²) in [6.07, 6.45) is -1.07. The molecule has 5 rings (SSSR count). The van der Waals surface area contributed by atoms with Crippen LogP contribution < -0.4 is 10.1 Å². The van der Waals surface area contributed by atoms with E-state index in [-0.39, 0.29) is 30.1 Å². The van der Waals surface area contributed by atoms with E-state index in [4.69, 9.17) is 9.47 Å². The molecule has 0 bridgehead atoms. The molecule has 39 heavy (non-hydrogen) atoms. The van der Waals surface area contributed by atoms with E-state index < -0.39 is 11.7 Å². The smallest absolute Gasteiger partial charge is 0.416 e. The number of hydrogen-bond donors (Lipinski definition) is 1. The number of carbonyl (C=O) groups is 1. The zero-order chi connectivity index (χ0) is 27.6. The molecule has 3 heterocycles. The molecule has 0 atom stereocenters. The topological polar surface area (TPSA) is 79.8 Å². The number of allylic oxidation sites excluding steroid dienone is 2. The van der Waals surface area contributed by atoms with Gasteiger partial charge in [-0.3, -0.25) is 9.69 Å². The first-order valence-electron chi connectivity index (χ1n) is 13.5. The van der Waals surface area contributed by atoms with E-state index >= 15 is 0 Å². The molecular formula is C28H34F3N5O3. The summed E-state index contributed by atoms with van der Waals surface area (Å²) in [4.78, 5) is 26.5. The second kappa shape index (κ2) is 11.5. The normalized spacial score (nSPS) is 18.6. The Morgan fingerprint density at radius 1 is 1.15 bits per heavy atom. The summed E-state index contributed by atoms with van der Waals surface area (Å²) >= 11 is 0. The van der Waals surface area contributed by atoms with Crippen LogP contribution in [0.25, 0.3) is 5.57 Å². The standard InChI is InChI=1S/C28H34F3N5O3/c1-3-32-26-25-21(28(29,30)31)6-7-22(25)33-24(34-26)17-18-4-5-19(16-23(18)38-2)27(37)36-10-8-20(9-11-36)35-12-14-39-15-13-35/h4-6,16,20H,3,7-15,17H2,1-2H3,(H,32,33,34). The van der Waals surface area contributed by atoms with Crippen molar-refractivity contribution in [3.8, 4) is 5.75 Å². The van der Waals surface area contributed by atoms with E-state index in [2.05, 4.69) is 20.2 Å². The summed E-state index contributed by atoms with van der Waals surface area (Å²) < 4.78 is 51.7. The molecule has 2 aliphatic heterocycles. The Bertz CT molecular complexity index is 1240. The lowest BCUT2D eigenvalue weighted by Crippen LogP contribution is -2.50. The number of nitrogens with zero attached hydrogens (tertiary/aromatic N) is 4. The van der Waals surface area contributed by atoms with Crippen LogP contribution in [-0.2, 0) is 17.6 Å². The molecule has 0 unspecified atom stereocenters. The number of anilines is 1. The third-order valence-corrected chi connectivity index (χ3v) is 7.65. The van der Waals surface area contributed by atoms with Crippen molar-refractivity contribution in [3.63, 3.8) is 0 Å². The van der Waals surface area contributed by atoms with E-state index in [0.717, 1.165) is 50.8 Å². The number of aromatic nitrogens is 2. The number of methoxy groups -OCH3 is 1. The predicted octanol–water partition coefficient (Wildman–Crippen LogP) is 3.95. The number of nitrogens with one attached hydrogen (secondary N) is 1. The van der Waals surface area contributed by atoms with Crippen LogP contribution in [0.1, 0.15) is 52.8 Å². The molecule has 11 heteroatoms. The number of benzene rings is 1. The van der Waals surface area contributed by atoms with Gasteiger partial charge in [0.25, 0.3) is 5.91 Å². The maximum Gasteiger partial charge on any atom is 0.416 e. The molecule has 1 N–H and O–H groups in total. The molecule has 1 aromatic carbocycles. The molecule has 1 aromatic heterocycles. The SMILES string of the molecule is CCNc1nc(Cc2ccc(C(=O)N3CCC(N4CCOCC4)CC3)cc2OC)nc2c1C(C(F)(F)F)=CC2. The van der Waals surface area contributed by atoms with Gasteiger partial charge in [0.15, 0.2) is 0 Å². The van der Waals surface area contributed by atoms with Gasteiger partial charge in [0.1, 0.15) is 17.4 Å². The van der Waals surface area contributed by atoms with Crippen LogP contribution in [0.4, 0.5) is 19.0 Å². The number of rotatable bonds is 7. The molecule has 0 radical (unpaired) electrons. The monoisotopic (exact) mass is 545 g/mol. The van der Waals surface area contributed by atoms with Gasteiger partial charge in [0.05, 0.1) is 37.2 Å². The fourth-order valence-electron chi connectivity index (χ4n) is 5.67. The van der Waals surface area contributed by atoms with Crippen molar-refractivity contribution in [2.24, 2.45) is 0 Å². The van der Waals surface area contributed by atoms with Gasteiger partial charge in [-0.05, 0) is 31.9 Å². The van der Waals surface area contributed by atoms with E-state index in [1.165, 1.54) is 7.11 Å². The minimum Gasteiger partial charge on any atom is -0.496 e. The van der Waals surface area contributed by atoms with Crippen molar-refractivity contribution in [3.05, 3.63) is 52.5 Å². The van der Waals surface area contributed by atoms with Gasteiger partial charge in [-0.1, -0.05) is 12.1 Å². The third kappa shape index (κ3) is 5.89. The number of morpholine rings is 1. The van der Waals surface area contributed by atoms with Crippen molar-refractivity contribution in [2.75, 3.05) is 58.4 Å². The van der Waals surface area contributed by atoms with Gasteiger partial charge in [0.2, 0.25) is 0 Å². The summed E-state index contributed by atoms with van der Waals surface area (Å²) in [5, 5.41) is 2.97. The number of carbonyl (C=O) groups excluding carboxylic acids is 1. The van der Waals surface area contributed by atoms with Gasteiger partial charge in [-0.25, -0.2) is 9.97 Å². The number of ether oxygens (including phenoxy) is 2. The van der Waals surface area contributed by atoms with E-state index in [1.54, 1.807) is 12.1 Å². The second-order valence-electron chi connectivity index (χ2n) is 10.0. The van der Waals surface area contributed by atoms with Crippen LogP contribution in [-0.4, -0.2) is 90.9 Å². The van der Waals surface area contributed by atoms with Crippen molar-refractivity contribution in [1.82, 2.24) is 19.8 Å². The fraction of sp³-hybridized carbons (Fsp3) is 0.536. The highest BCUT2D eigenvalue weighted by Crippen LogP contribution is 2.42. The van der Waals surface area contributed by atoms with Crippen molar-refractivity contribution < 1.29 is 27.4 Å². The summed E-state index contributed by atoms with van der Waals surface area (Å²) in [6.45, 7) is 7.07. The van der Waals surface area contributed by atoms with E-state index in [0.29, 0.717) is 48.5 Å². The van der Waals surface area contributed by atoms with Gasteiger partial charge in [-0.2, -0.15) is 13.2 Å². The van der Waals surface area contributed by atoms with E-state index in [1.807, 2.05) is 17.9 Å². The highest BCUT2D eigenvalue weighted by Gasteiger charge is 2.40. The zero-order valence-corrected chi connectivity index (χ0v) is 22.3. The first kappa shape index (κ1) is 27.4. The first-order chi connectivity index (χ1) is 18.8. The van der Waals surface area contributed by atoms with Gasteiger partial charge < -0.3 is 19.7 Å². The summed E-state index contributed by atoms with van der Waals surface area (Å²) in [5.41, 5.74) is 0.981. The number of halogens is 3. The number of likely N-dealkylation sites (tertiary alicyclic amines) is 1. The summed E-state index contributed by atoms with van der Waals surface area (Å²) in [5.74, 6) is 1.07. The lowest BCUT2D eigenvalue weighted by atomic mass is 10.0. The lowest BCUT2D eigenvalue weighted by molar-refractivity contribution is -0.0687. The van der Waals surface area contributed by atoms with Crippen LogP contribution >= 0.6 is 0 Å². The Morgan fingerprint density at radius 2 is 1.90 bits per heavy atom. The molecule has 8 nitrogen and oxygen atoms in total. The van der Waals surface area contributed by atoms with Gasteiger partial charge in [-0.15, -0.1) is 0 Å². The van der Waals surface area contributed by atoms with Crippen LogP contribution in [0, 0.1) is 0 Å². The van der Waals surface area contributed by atoms with E-state index in [9.17, 15) is 18.0 Å². The minimum absolute atomic E-state index is 0.0263. The molecule has 2 saturated heterocycles. The average Bonchev–Trinajstić information content (AvgIpc) is 3.39. The van der Waals surface area contributed by atoms with Crippen LogP contribution in [0.15, 0.2) is 24.3 Å². The number of piperidine rings is 1. The molecule has 2 aromatic rings. The quantitative estimate of drug-likeness (QED) is 0.565. The molecule has 210 valence electrons. The number of alkyl halides is 3. The molecule has 1 aliphatic carbocycles. The number of hydrogen-bond acceptors (Lipinski definition) is 7. The van der Waals surface area contributed by atoms with Crippen molar-refractivity contribution >= 4 is 17.3 Å². The molecule has 1 amide bonds. The Balaban J connectivity index is 1.30. The maximum absolute atomic E-state index is 13.5. The van der Waals surface area contributed by atoms with Gasteiger partial charge in [0, 0.05) is 62.7 Å². The summed E-state index contributed by atoms with van der Waals surface area (Å²) in [7, 11) is 1.54. The largest absolute Gasteiger partial charge is 0.496 e. The molecule has 3 aliphatic rings. The van der Waals surface area contributed by atoms with Crippen molar-refractivity contribution in [1.29, 1.82) is 0 Å². The number of amides is 1. The summed E-state index contributed by atoms with van der Waals surface area (Å²) in [6, 6.07) is 5.80. The molecular weight excluding hydrogens is 511 g/mol.